The van der Waals surface area contributed by atoms with Crippen LogP contribution in [0.2, 0.25) is 0 Å². The highest BCUT2D eigenvalue weighted by molar-refractivity contribution is 8.00. The standard InChI is InChI=1S/C27H33N5O6S2/c1-6-38-26(35)22-19-9-7-8-10-20(19)40-25(22)29-23(33)15(2)39-27-31-30-21(32(27)3)14-28-24(34)16-11-17(36-4)13-18(12-16)37-5/h11-13,15H,6-10,14H2,1-5H3,(H,28,34)(H,29,33)/t15-/m0/s1. The second-order valence-corrected chi connectivity index (χ2v) is 11.5. The first-order valence-corrected chi connectivity index (χ1v) is 14.6. The summed E-state index contributed by atoms with van der Waals surface area (Å²) in [6.07, 6.45) is 3.79. The first-order valence-electron chi connectivity index (χ1n) is 12.9. The number of fused-ring (bicyclic) bond motifs is 1. The van der Waals surface area contributed by atoms with Gasteiger partial charge in [-0.25, -0.2) is 4.79 Å². The minimum Gasteiger partial charge on any atom is -0.497 e. The van der Waals surface area contributed by atoms with Gasteiger partial charge in [0, 0.05) is 23.6 Å². The Morgan fingerprint density at radius 2 is 1.80 bits per heavy atom. The maximum absolute atomic E-state index is 13.1. The lowest BCUT2D eigenvalue weighted by Gasteiger charge is -2.13. The Morgan fingerprint density at radius 3 is 2.48 bits per heavy atom. The van der Waals surface area contributed by atoms with Gasteiger partial charge in [-0.05, 0) is 57.2 Å². The number of nitrogens with one attached hydrogen (secondary N) is 2. The fraction of sp³-hybridized carbons (Fsp3) is 0.444. The molecule has 1 aromatic carbocycles. The summed E-state index contributed by atoms with van der Waals surface area (Å²) < 4.78 is 17.5. The Labute approximate surface area is 241 Å². The third kappa shape index (κ3) is 6.58. The number of amides is 2. The van der Waals surface area contributed by atoms with Crippen molar-refractivity contribution in [2.45, 2.75) is 56.5 Å². The van der Waals surface area contributed by atoms with Crippen molar-refractivity contribution in [2.24, 2.45) is 7.05 Å². The van der Waals surface area contributed by atoms with Gasteiger partial charge in [-0.15, -0.1) is 21.5 Å². The minimum atomic E-state index is -0.524. The van der Waals surface area contributed by atoms with Crippen molar-refractivity contribution in [1.29, 1.82) is 0 Å². The molecule has 2 N–H and O–H groups in total. The minimum absolute atomic E-state index is 0.132. The van der Waals surface area contributed by atoms with Gasteiger partial charge >= 0.3 is 5.97 Å². The first kappa shape index (κ1) is 29.4. The Hall–Kier alpha value is -3.58. The van der Waals surface area contributed by atoms with Gasteiger partial charge in [-0.2, -0.15) is 0 Å². The third-order valence-corrected chi connectivity index (χ3v) is 8.83. The van der Waals surface area contributed by atoms with Gasteiger partial charge in [-0.1, -0.05) is 11.8 Å². The average Bonchev–Trinajstić information content (AvgIpc) is 3.50. The predicted molar refractivity (Wildman–Crippen MR) is 153 cm³/mol. The molecule has 0 radical (unpaired) electrons. The number of benzene rings is 1. The molecule has 4 rings (SSSR count). The van der Waals surface area contributed by atoms with Gasteiger partial charge in [-0.3, -0.25) is 9.59 Å². The lowest BCUT2D eigenvalue weighted by molar-refractivity contribution is -0.115. The molecule has 11 nitrogen and oxygen atoms in total. The van der Waals surface area contributed by atoms with Crippen molar-refractivity contribution < 1.29 is 28.6 Å². The van der Waals surface area contributed by atoms with Crippen molar-refractivity contribution in [3.05, 3.63) is 45.6 Å². The van der Waals surface area contributed by atoms with Crippen molar-refractivity contribution in [3.8, 4) is 11.5 Å². The monoisotopic (exact) mass is 587 g/mol. The van der Waals surface area contributed by atoms with Gasteiger partial charge < -0.3 is 29.4 Å². The SMILES string of the molecule is CCOC(=O)c1c(NC(=O)[C@H](C)Sc2nnc(CNC(=O)c3cc(OC)cc(OC)c3)n2C)sc2c1CCCC2. The number of thioether (sulfide) groups is 1. The highest BCUT2D eigenvalue weighted by Gasteiger charge is 2.29. The zero-order valence-corrected chi connectivity index (χ0v) is 24.8. The number of esters is 1. The topological polar surface area (TPSA) is 134 Å². The number of carbonyl (C=O) groups is 3. The summed E-state index contributed by atoms with van der Waals surface area (Å²) in [5.41, 5.74) is 1.87. The highest BCUT2D eigenvalue weighted by Crippen LogP contribution is 2.39. The smallest absolute Gasteiger partial charge is 0.341 e. The van der Waals surface area contributed by atoms with Crippen molar-refractivity contribution in [2.75, 3.05) is 26.1 Å². The zero-order valence-electron chi connectivity index (χ0n) is 23.2. The van der Waals surface area contributed by atoms with Crippen LogP contribution in [0.3, 0.4) is 0 Å². The molecule has 13 heteroatoms. The summed E-state index contributed by atoms with van der Waals surface area (Å²) in [4.78, 5) is 39.7. The molecular weight excluding hydrogens is 554 g/mol. The Balaban J connectivity index is 1.40. The molecule has 0 saturated heterocycles. The summed E-state index contributed by atoms with van der Waals surface area (Å²) in [6.45, 7) is 3.94. The number of ether oxygens (including phenoxy) is 3. The number of aryl methyl sites for hydroxylation is 1. The van der Waals surface area contributed by atoms with Gasteiger partial charge in [0.2, 0.25) is 5.91 Å². The zero-order chi connectivity index (χ0) is 28.8. The number of anilines is 1. The number of hydrogen-bond acceptors (Lipinski definition) is 10. The molecule has 1 atom stereocenters. The van der Waals surface area contributed by atoms with Crippen LogP contribution >= 0.6 is 23.1 Å². The van der Waals surface area contributed by atoms with Gasteiger partial charge in [0.05, 0.1) is 38.2 Å². The number of hydrogen-bond donors (Lipinski definition) is 2. The quantitative estimate of drug-likeness (QED) is 0.252. The maximum Gasteiger partial charge on any atom is 0.341 e. The van der Waals surface area contributed by atoms with Crippen LogP contribution < -0.4 is 20.1 Å². The number of methoxy groups -OCH3 is 2. The van der Waals surface area contributed by atoms with Gasteiger partial charge in [0.1, 0.15) is 16.5 Å². The summed E-state index contributed by atoms with van der Waals surface area (Å²) in [5, 5.41) is 14.7. The summed E-state index contributed by atoms with van der Waals surface area (Å²) in [7, 11) is 4.81. The van der Waals surface area contributed by atoms with Crippen LogP contribution in [0.5, 0.6) is 11.5 Å². The molecule has 0 saturated carbocycles. The first-order chi connectivity index (χ1) is 19.2. The molecule has 214 valence electrons. The van der Waals surface area contributed by atoms with E-state index < -0.39 is 11.2 Å². The van der Waals surface area contributed by atoms with Crippen LogP contribution in [0.15, 0.2) is 23.4 Å². The largest absolute Gasteiger partial charge is 0.497 e. The van der Waals surface area contributed by atoms with E-state index in [1.165, 1.54) is 37.3 Å². The van der Waals surface area contributed by atoms with E-state index in [4.69, 9.17) is 14.2 Å². The van der Waals surface area contributed by atoms with Crippen LogP contribution in [0.4, 0.5) is 5.00 Å². The molecule has 40 heavy (non-hydrogen) atoms. The van der Waals surface area contributed by atoms with E-state index >= 15 is 0 Å². The van der Waals surface area contributed by atoms with E-state index in [1.54, 1.807) is 43.7 Å². The Kier molecular flexibility index (Phi) is 9.69. The van der Waals surface area contributed by atoms with Crippen LogP contribution in [0.25, 0.3) is 0 Å². The molecule has 3 aromatic rings. The van der Waals surface area contributed by atoms with E-state index in [9.17, 15) is 14.4 Å². The van der Waals surface area contributed by atoms with E-state index in [2.05, 4.69) is 20.8 Å². The fourth-order valence-electron chi connectivity index (χ4n) is 4.30. The van der Waals surface area contributed by atoms with Crippen LogP contribution in [0, 0.1) is 0 Å². The van der Waals surface area contributed by atoms with Crippen molar-refractivity contribution in [3.63, 3.8) is 0 Å². The van der Waals surface area contributed by atoms with Gasteiger partial charge in [0.25, 0.3) is 5.91 Å². The molecule has 0 aliphatic heterocycles. The second-order valence-electron chi connectivity index (χ2n) is 9.13. The molecule has 2 aromatic heterocycles. The molecular formula is C27H33N5O6S2. The van der Waals surface area contributed by atoms with E-state index in [0.717, 1.165) is 36.1 Å². The third-order valence-electron chi connectivity index (χ3n) is 6.48. The van der Waals surface area contributed by atoms with Crippen LogP contribution in [0.1, 0.15) is 63.7 Å². The number of nitrogens with zero attached hydrogens (tertiary/aromatic N) is 3. The van der Waals surface area contributed by atoms with E-state index in [-0.39, 0.29) is 25.0 Å². The number of carbonyl (C=O) groups excluding carboxylic acids is 3. The molecule has 0 bridgehead atoms. The molecule has 0 fully saturated rings. The number of rotatable bonds is 11. The fourth-order valence-corrected chi connectivity index (χ4v) is 6.41. The lowest BCUT2D eigenvalue weighted by atomic mass is 9.95. The van der Waals surface area contributed by atoms with E-state index in [1.807, 2.05) is 0 Å². The van der Waals surface area contributed by atoms with E-state index in [0.29, 0.717) is 38.6 Å². The molecule has 1 aliphatic carbocycles. The maximum atomic E-state index is 13.1. The highest BCUT2D eigenvalue weighted by atomic mass is 32.2. The number of thiophene rings is 1. The molecule has 0 spiro atoms. The molecule has 0 unspecified atom stereocenters. The van der Waals surface area contributed by atoms with Crippen molar-refractivity contribution >= 4 is 45.9 Å². The summed E-state index contributed by atoms with van der Waals surface area (Å²) >= 11 is 2.69. The Morgan fingerprint density at radius 1 is 1.10 bits per heavy atom. The molecule has 1 aliphatic rings. The molecule has 2 amide bonds. The van der Waals surface area contributed by atoms with Crippen LogP contribution in [-0.2, 0) is 36.0 Å². The normalized spacial score (nSPS) is 13.2. The second kappa shape index (κ2) is 13.2. The number of aromatic nitrogens is 3. The Bertz CT molecular complexity index is 1380. The predicted octanol–water partition coefficient (Wildman–Crippen LogP) is 4.00. The van der Waals surface area contributed by atoms with Gasteiger partial charge in [0.15, 0.2) is 11.0 Å². The van der Waals surface area contributed by atoms with Crippen LogP contribution in [-0.4, -0.2) is 58.6 Å². The average molecular weight is 588 g/mol. The summed E-state index contributed by atoms with van der Waals surface area (Å²) in [6, 6.07) is 4.92. The molecule has 2 heterocycles. The lowest BCUT2D eigenvalue weighted by Crippen LogP contribution is -2.25. The summed E-state index contributed by atoms with van der Waals surface area (Å²) in [5.74, 6) is 0.563. The van der Waals surface area contributed by atoms with Crippen molar-refractivity contribution in [1.82, 2.24) is 20.1 Å².